The van der Waals surface area contributed by atoms with Crippen molar-refractivity contribution >= 4 is 5.97 Å². The fourth-order valence-electron chi connectivity index (χ4n) is 3.40. The Balaban J connectivity index is 1.64. The number of nitriles is 1. The van der Waals surface area contributed by atoms with Crippen LogP contribution in [-0.2, 0) is 24.4 Å². The molecule has 0 amide bonds. The highest BCUT2D eigenvalue weighted by molar-refractivity contribution is 5.66. The number of fused-ring (bicyclic) bond motifs is 1. The van der Waals surface area contributed by atoms with Gasteiger partial charge in [0.25, 0.3) is 0 Å². The number of ether oxygens (including phenoxy) is 2. The zero-order chi connectivity index (χ0) is 20.8. The molecular weight excluding hydrogens is 368 g/mol. The molecule has 0 saturated carbocycles. The van der Waals surface area contributed by atoms with Crippen LogP contribution >= 0.6 is 0 Å². The molecule has 0 fully saturated rings. The Labute approximate surface area is 171 Å². The number of benzene rings is 2. The van der Waals surface area contributed by atoms with Crippen molar-refractivity contribution in [2.24, 2.45) is 0 Å². The second kappa shape index (κ2) is 9.44. The fraction of sp³-hybridized carbons (Fsp3) is 0.391. The van der Waals surface area contributed by atoms with E-state index in [1.54, 1.807) is 6.07 Å². The maximum Gasteiger partial charge on any atom is 0.304 e. The predicted molar refractivity (Wildman–Crippen MR) is 109 cm³/mol. The molecule has 0 radical (unpaired) electrons. The number of carboxylic acid groups (broad SMARTS) is 1. The Kier molecular flexibility index (Phi) is 6.73. The van der Waals surface area contributed by atoms with Gasteiger partial charge in [0, 0.05) is 19.6 Å². The van der Waals surface area contributed by atoms with Gasteiger partial charge in [-0.2, -0.15) is 5.26 Å². The highest BCUT2D eigenvalue weighted by Crippen LogP contribution is 2.26. The Morgan fingerprint density at radius 3 is 2.79 bits per heavy atom. The van der Waals surface area contributed by atoms with Gasteiger partial charge in [0.05, 0.1) is 18.1 Å². The summed E-state index contributed by atoms with van der Waals surface area (Å²) in [6, 6.07) is 13.8. The molecule has 3 rings (SSSR count). The average Bonchev–Trinajstić information content (AvgIpc) is 2.70. The van der Waals surface area contributed by atoms with Crippen LogP contribution in [0, 0.1) is 11.3 Å². The van der Waals surface area contributed by atoms with Gasteiger partial charge in [0.15, 0.2) is 0 Å². The van der Waals surface area contributed by atoms with Crippen LogP contribution in [-0.4, -0.2) is 35.2 Å². The summed E-state index contributed by atoms with van der Waals surface area (Å²) >= 11 is 0. The standard InChI is InChI=1S/C23H26N2O4/c1-16(2)29-22-6-3-17(11-19(22)13-24)15-28-21-5-4-18-7-9-25(10-8-23(26)27)14-20(18)12-21/h3-6,11-12,16H,7-10,14-15H2,1-2H3,(H,26,27). The summed E-state index contributed by atoms with van der Waals surface area (Å²) in [6.07, 6.45) is 1.08. The monoisotopic (exact) mass is 394 g/mol. The molecule has 0 aliphatic carbocycles. The summed E-state index contributed by atoms with van der Waals surface area (Å²) in [4.78, 5) is 13.0. The summed E-state index contributed by atoms with van der Waals surface area (Å²) in [5, 5.41) is 18.2. The number of nitrogens with zero attached hydrogens (tertiary/aromatic N) is 2. The van der Waals surface area contributed by atoms with Crippen molar-refractivity contribution in [1.82, 2.24) is 4.90 Å². The Bertz CT molecular complexity index is 918. The topological polar surface area (TPSA) is 82.8 Å². The normalized spacial score (nSPS) is 13.6. The number of rotatable bonds is 8. The van der Waals surface area contributed by atoms with Gasteiger partial charge >= 0.3 is 5.97 Å². The van der Waals surface area contributed by atoms with Crippen molar-refractivity contribution in [3.05, 3.63) is 58.7 Å². The molecule has 0 unspecified atom stereocenters. The third kappa shape index (κ3) is 5.72. The maximum absolute atomic E-state index is 10.8. The van der Waals surface area contributed by atoms with Gasteiger partial charge in [-0.05, 0) is 61.2 Å². The zero-order valence-electron chi connectivity index (χ0n) is 16.9. The minimum atomic E-state index is -0.769. The largest absolute Gasteiger partial charge is 0.490 e. The first-order chi connectivity index (χ1) is 13.9. The second-order valence-electron chi connectivity index (χ2n) is 7.50. The summed E-state index contributed by atoms with van der Waals surface area (Å²) in [7, 11) is 0. The van der Waals surface area contributed by atoms with Crippen molar-refractivity contribution in [3.63, 3.8) is 0 Å². The van der Waals surface area contributed by atoms with Crippen LogP contribution in [0.4, 0.5) is 0 Å². The van der Waals surface area contributed by atoms with Gasteiger partial charge in [0.1, 0.15) is 24.2 Å². The fourth-order valence-corrected chi connectivity index (χ4v) is 3.40. The molecule has 1 N–H and O–H groups in total. The Morgan fingerprint density at radius 1 is 1.24 bits per heavy atom. The van der Waals surface area contributed by atoms with Crippen LogP contribution in [0.3, 0.4) is 0 Å². The van der Waals surface area contributed by atoms with Gasteiger partial charge < -0.3 is 14.6 Å². The molecule has 0 atom stereocenters. The van der Waals surface area contributed by atoms with Crippen molar-refractivity contribution in [1.29, 1.82) is 5.26 Å². The minimum Gasteiger partial charge on any atom is -0.490 e. The van der Waals surface area contributed by atoms with E-state index in [-0.39, 0.29) is 12.5 Å². The van der Waals surface area contributed by atoms with E-state index in [0.29, 0.717) is 24.5 Å². The summed E-state index contributed by atoms with van der Waals surface area (Å²) in [5.74, 6) is 0.584. The highest BCUT2D eigenvalue weighted by atomic mass is 16.5. The van der Waals surface area contributed by atoms with Gasteiger partial charge in [-0.25, -0.2) is 0 Å². The lowest BCUT2D eigenvalue weighted by molar-refractivity contribution is -0.137. The van der Waals surface area contributed by atoms with Gasteiger partial charge in [-0.1, -0.05) is 12.1 Å². The van der Waals surface area contributed by atoms with E-state index in [4.69, 9.17) is 14.6 Å². The third-order valence-electron chi connectivity index (χ3n) is 4.84. The van der Waals surface area contributed by atoms with Crippen LogP contribution in [0.15, 0.2) is 36.4 Å². The lowest BCUT2D eigenvalue weighted by Gasteiger charge is -2.28. The van der Waals surface area contributed by atoms with Crippen LogP contribution in [0.2, 0.25) is 0 Å². The first-order valence-electron chi connectivity index (χ1n) is 9.83. The average molecular weight is 394 g/mol. The van der Waals surface area contributed by atoms with E-state index in [1.807, 2.05) is 38.1 Å². The molecule has 6 heteroatoms. The molecule has 0 aromatic heterocycles. The highest BCUT2D eigenvalue weighted by Gasteiger charge is 2.17. The molecule has 0 bridgehead atoms. The molecule has 2 aromatic carbocycles. The first-order valence-corrected chi connectivity index (χ1v) is 9.83. The van der Waals surface area contributed by atoms with Gasteiger partial charge in [0.2, 0.25) is 0 Å². The first kappa shape index (κ1) is 20.7. The predicted octanol–water partition coefficient (Wildman–Crippen LogP) is 3.76. The molecule has 1 aliphatic rings. The molecule has 29 heavy (non-hydrogen) atoms. The summed E-state index contributed by atoms with van der Waals surface area (Å²) < 4.78 is 11.6. The van der Waals surface area contributed by atoms with Crippen molar-refractivity contribution in [2.45, 2.75) is 45.9 Å². The van der Waals surface area contributed by atoms with Crippen molar-refractivity contribution < 1.29 is 19.4 Å². The minimum absolute atomic E-state index is 0.00904. The molecule has 152 valence electrons. The smallest absolute Gasteiger partial charge is 0.304 e. The summed E-state index contributed by atoms with van der Waals surface area (Å²) in [5.41, 5.74) is 3.86. The molecule has 0 saturated heterocycles. The lowest BCUT2D eigenvalue weighted by Crippen LogP contribution is -2.32. The molecule has 2 aromatic rings. The Hall–Kier alpha value is -3.04. The third-order valence-corrected chi connectivity index (χ3v) is 4.84. The SMILES string of the molecule is CC(C)Oc1ccc(COc2ccc3c(c2)CN(CCC(=O)O)CC3)cc1C#N. The quantitative estimate of drug-likeness (QED) is 0.734. The van der Waals surface area contributed by atoms with E-state index in [9.17, 15) is 10.1 Å². The lowest BCUT2D eigenvalue weighted by atomic mass is 9.99. The Morgan fingerprint density at radius 2 is 2.07 bits per heavy atom. The second-order valence-corrected chi connectivity index (χ2v) is 7.50. The molecular formula is C23H26N2O4. The maximum atomic E-state index is 10.8. The number of aliphatic carboxylic acids is 1. The number of carboxylic acids is 1. The van der Waals surface area contributed by atoms with E-state index in [0.717, 1.165) is 30.8 Å². The molecule has 6 nitrogen and oxygen atoms in total. The van der Waals surface area contributed by atoms with Crippen LogP contribution < -0.4 is 9.47 Å². The van der Waals surface area contributed by atoms with E-state index < -0.39 is 5.97 Å². The van der Waals surface area contributed by atoms with Crippen molar-refractivity contribution in [3.8, 4) is 17.6 Å². The van der Waals surface area contributed by atoms with Crippen LogP contribution in [0.5, 0.6) is 11.5 Å². The summed E-state index contributed by atoms with van der Waals surface area (Å²) in [6.45, 7) is 6.38. The zero-order valence-corrected chi connectivity index (χ0v) is 16.9. The van der Waals surface area contributed by atoms with Crippen LogP contribution in [0.25, 0.3) is 0 Å². The number of carbonyl (C=O) groups is 1. The van der Waals surface area contributed by atoms with E-state index in [2.05, 4.69) is 17.0 Å². The van der Waals surface area contributed by atoms with E-state index >= 15 is 0 Å². The van der Waals surface area contributed by atoms with Gasteiger partial charge in [-0.15, -0.1) is 0 Å². The molecule has 1 heterocycles. The van der Waals surface area contributed by atoms with Gasteiger partial charge in [-0.3, -0.25) is 9.69 Å². The van der Waals surface area contributed by atoms with E-state index in [1.165, 1.54) is 11.1 Å². The number of hydrogen-bond acceptors (Lipinski definition) is 5. The number of hydrogen-bond donors (Lipinski definition) is 1. The van der Waals surface area contributed by atoms with Crippen molar-refractivity contribution in [2.75, 3.05) is 13.1 Å². The molecule has 0 spiro atoms. The van der Waals surface area contributed by atoms with Crippen LogP contribution in [0.1, 0.15) is 42.5 Å². The molecule has 1 aliphatic heterocycles.